The lowest BCUT2D eigenvalue weighted by atomic mass is 10.0. The van der Waals surface area contributed by atoms with Gasteiger partial charge in [0.2, 0.25) is 5.82 Å². The quantitative estimate of drug-likeness (QED) is 0.278. The number of carbonyl (C=O) groups is 1. The lowest BCUT2D eigenvalue weighted by Gasteiger charge is -2.19. The lowest BCUT2D eigenvalue weighted by Crippen LogP contribution is -2.24. The number of carbonyl (C=O) groups excluding carboxylic acids is 1. The smallest absolute Gasteiger partial charge is 0.306 e. The molecule has 0 saturated heterocycles. The summed E-state index contributed by atoms with van der Waals surface area (Å²) in [4.78, 5) is 21.3. The van der Waals surface area contributed by atoms with E-state index in [1.807, 2.05) is 51.1 Å². The van der Waals surface area contributed by atoms with E-state index in [9.17, 15) is 10.1 Å². The summed E-state index contributed by atoms with van der Waals surface area (Å²) in [6, 6.07) is 15.2. The minimum atomic E-state index is -0.523. The molecule has 2 aromatic heterocycles. The molecule has 4 aromatic rings. The normalized spacial score (nSPS) is 13.4. The van der Waals surface area contributed by atoms with E-state index in [-0.39, 0.29) is 12.4 Å². The van der Waals surface area contributed by atoms with Crippen molar-refractivity contribution in [2.24, 2.45) is 5.92 Å². The molecule has 0 amide bonds. The highest BCUT2D eigenvalue weighted by atomic mass is 16.6. The average Bonchev–Trinajstić information content (AvgIpc) is 3.58. The zero-order valence-corrected chi connectivity index (χ0v) is 21.2. The molecule has 2 aromatic carbocycles. The highest BCUT2D eigenvalue weighted by Gasteiger charge is 2.23. The van der Waals surface area contributed by atoms with Gasteiger partial charge in [0.05, 0.1) is 18.6 Å². The number of hydrogen-bond donors (Lipinski definition) is 0. The number of aryl methyl sites for hydroxylation is 1. The minimum absolute atomic E-state index is 0.238. The summed E-state index contributed by atoms with van der Waals surface area (Å²) in [6.45, 7) is 6.19. The van der Waals surface area contributed by atoms with Gasteiger partial charge >= 0.3 is 5.97 Å². The molecule has 8 heteroatoms. The van der Waals surface area contributed by atoms with Gasteiger partial charge in [0.25, 0.3) is 5.89 Å². The van der Waals surface area contributed by atoms with Crippen molar-refractivity contribution in [3.63, 3.8) is 0 Å². The summed E-state index contributed by atoms with van der Waals surface area (Å²) < 4.78 is 16.8. The van der Waals surface area contributed by atoms with Crippen molar-refractivity contribution in [3.05, 3.63) is 59.9 Å². The zero-order chi connectivity index (χ0) is 26.0. The minimum Gasteiger partial charge on any atom is -0.492 e. The van der Waals surface area contributed by atoms with Gasteiger partial charge in [0, 0.05) is 34.8 Å². The van der Waals surface area contributed by atoms with E-state index in [1.165, 1.54) is 12.8 Å². The Morgan fingerprint density at radius 1 is 1.16 bits per heavy atom. The van der Waals surface area contributed by atoms with E-state index < -0.39 is 5.60 Å². The van der Waals surface area contributed by atoms with Crippen LogP contribution in [0.1, 0.15) is 51.3 Å². The van der Waals surface area contributed by atoms with Crippen LogP contribution in [0, 0.1) is 17.2 Å². The molecule has 0 bridgehead atoms. The van der Waals surface area contributed by atoms with Crippen LogP contribution >= 0.6 is 0 Å². The van der Waals surface area contributed by atoms with Crippen LogP contribution < -0.4 is 4.74 Å². The molecule has 1 saturated carbocycles. The third-order valence-corrected chi connectivity index (χ3v) is 6.06. The number of nitrogens with zero attached hydrogens (tertiary/aromatic N) is 4. The fraction of sp³-hybridized carbons (Fsp3) is 0.345. The van der Waals surface area contributed by atoms with Crippen LogP contribution in [0.2, 0.25) is 0 Å². The third kappa shape index (κ3) is 5.78. The van der Waals surface area contributed by atoms with Crippen LogP contribution in [0.4, 0.5) is 0 Å². The first kappa shape index (κ1) is 24.4. The number of pyridine rings is 1. The van der Waals surface area contributed by atoms with E-state index in [4.69, 9.17) is 14.0 Å². The number of benzene rings is 2. The fourth-order valence-corrected chi connectivity index (χ4v) is 4.09. The highest BCUT2D eigenvalue weighted by Crippen LogP contribution is 2.33. The summed E-state index contributed by atoms with van der Waals surface area (Å²) >= 11 is 0. The second-order valence-corrected chi connectivity index (χ2v) is 10.2. The van der Waals surface area contributed by atoms with Crippen LogP contribution in [0.15, 0.2) is 53.2 Å². The molecule has 188 valence electrons. The number of ether oxygens (including phenoxy) is 2. The van der Waals surface area contributed by atoms with Crippen molar-refractivity contribution in [2.75, 3.05) is 6.61 Å². The Bertz CT molecular complexity index is 1490. The molecule has 1 aliphatic rings. The number of esters is 1. The highest BCUT2D eigenvalue weighted by molar-refractivity contribution is 5.96. The topological polar surface area (TPSA) is 111 Å². The summed E-state index contributed by atoms with van der Waals surface area (Å²) in [5.41, 5.74) is 2.15. The molecular weight excluding hydrogens is 468 g/mol. The summed E-state index contributed by atoms with van der Waals surface area (Å²) in [5, 5.41) is 15.6. The fourth-order valence-electron chi connectivity index (χ4n) is 4.09. The Kier molecular flexibility index (Phi) is 6.62. The van der Waals surface area contributed by atoms with E-state index in [0.29, 0.717) is 47.5 Å². The van der Waals surface area contributed by atoms with Crippen LogP contribution in [-0.4, -0.2) is 33.3 Å². The second kappa shape index (κ2) is 10.0. The molecule has 2 heterocycles. The molecule has 8 nitrogen and oxygen atoms in total. The maximum absolute atomic E-state index is 12.2. The van der Waals surface area contributed by atoms with E-state index in [2.05, 4.69) is 21.2 Å². The number of rotatable bonds is 8. The van der Waals surface area contributed by atoms with Gasteiger partial charge in [0.15, 0.2) is 0 Å². The number of fused-ring (bicyclic) bond motifs is 1. The van der Waals surface area contributed by atoms with Crippen molar-refractivity contribution in [1.29, 1.82) is 5.26 Å². The van der Waals surface area contributed by atoms with Crippen molar-refractivity contribution < 1.29 is 18.8 Å². The summed E-state index contributed by atoms with van der Waals surface area (Å²) in [6.07, 6.45) is 4.78. The van der Waals surface area contributed by atoms with E-state index in [0.717, 1.165) is 22.0 Å². The Hall–Kier alpha value is -4.25. The number of aromatic nitrogens is 3. The van der Waals surface area contributed by atoms with Gasteiger partial charge in [-0.3, -0.25) is 9.78 Å². The van der Waals surface area contributed by atoms with Crippen LogP contribution in [0.5, 0.6) is 5.75 Å². The SMILES string of the molecule is CC(C)(C)OC(=O)CCc1nccc2c(-c3noc(-c4ccc(OCC5CC5)c(C#N)c4)n3)cccc12. The van der Waals surface area contributed by atoms with Crippen molar-refractivity contribution in [2.45, 2.75) is 52.1 Å². The van der Waals surface area contributed by atoms with Crippen molar-refractivity contribution in [3.8, 4) is 34.7 Å². The van der Waals surface area contributed by atoms with Gasteiger partial charge in [-0.25, -0.2) is 0 Å². The molecule has 0 unspecified atom stereocenters. The lowest BCUT2D eigenvalue weighted by molar-refractivity contribution is -0.154. The molecule has 1 fully saturated rings. The molecule has 5 rings (SSSR count). The number of nitriles is 1. The van der Waals surface area contributed by atoms with Crippen LogP contribution in [0.25, 0.3) is 33.6 Å². The Morgan fingerprint density at radius 3 is 2.76 bits per heavy atom. The van der Waals surface area contributed by atoms with Gasteiger partial charge < -0.3 is 14.0 Å². The van der Waals surface area contributed by atoms with Gasteiger partial charge in [-0.1, -0.05) is 23.4 Å². The van der Waals surface area contributed by atoms with E-state index >= 15 is 0 Å². The molecule has 0 atom stereocenters. The van der Waals surface area contributed by atoms with Crippen LogP contribution in [-0.2, 0) is 16.0 Å². The molecule has 0 spiro atoms. The molecule has 37 heavy (non-hydrogen) atoms. The predicted octanol–water partition coefficient (Wildman–Crippen LogP) is 5.89. The Labute approximate surface area is 215 Å². The predicted molar refractivity (Wildman–Crippen MR) is 138 cm³/mol. The third-order valence-electron chi connectivity index (χ3n) is 6.06. The van der Waals surface area contributed by atoms with Gasteiger partial charge in [-0.15, -0.1) is 0 Å². The first-order chi connectivity index (χ1) is 17.8. The number of hydrogen-bond acceptors (Lipinski definition) is 8. The maximum Gasteiger partial charge on any atom is 0.306 e. The van der Waals surface area contributed by atoms with Gasteiger partial charge in [0.1, 0.15) is 17.4 Å². The second-order valence-electron chi connectivity index (χ2n) is 10.2. The summed E-state index contributed by atoms with van der Waals surface area (Å²) in [7, 11) is 0. The molecule has 0 N–H and O–H groups in total. The Balaban J connectivity index is 1.39. The van der Waals surface area contributed by atoms with Crippen molar-refractivity contribution >= 4 is 16.7 Å². The van der Waals surface area contributed by atoms with E-state index in [1.54, 1.807) is 18.3 Å². The molecular formula is C29H28N4O4. The standard InChI is InChI=1S/C29H28N4O4/c1-29(2,3)36-26(34)12-10-24-22-5-4-6-23(21(22)13-14-31-24)27-32-28(37-33-27)19-9-11-25(20(15-19)16-30)35-17-18-7-8-18/h4-6,9,11,13-15,18H,7-8,10,12,17H2,1-3H3. The van der Waals surface area contributed by atoms with Gasteiger partial charge in [-0.05, 0) is 69.2 Å². The van der Waals surface area contributed by atoms with Gasteiger partial charge in [-0.2, -0.15) is 10.2 Å². The summed E-state index contributed by atoms with van der Waals surface area (Å²) in [5.74, 6) is 1.65. The Morgan fingerprint density at radius 2 is 2.00 bits per heavy atom. The first-order valence-corrected chi connectivity index (χ1v) is 12.4. The largest absolute Gasteiger partial charge is 0.492 e. The zero-order valence-electron chi connectivity index (χ0n) is 21.2. The van der Waals surface area contributed by atoms with Crippen molar-refractivity contribution in [1.82, 2.24) is 15.1 Å². The monoisotopic (exact) mass is 496 g/mol. The molecule has 0 radical (unpaired) electrons. The molecule has 0 aliphatic heterocycles. The maximum atomic E-state index is 12.2. The molecule has 1 aliphatic carbocycles. The average molecular weight is 497 g/mol. The van der Waals surface area contributed by atoms with Crippen LogP contribution in [0.3, 0.4) is 0 Å². The first-order valence-electron chi connectivity index (χ1n) is 12.4.